The summed E-state index contributed by atoms with van der Waals surface area (Å²) in [6.07, 6.45) is 3.66. The van der Waals surface area contributed by atoms with Crippen LogP contribution in [0.3, 0.4) is 0 Å². The minimum absolute atomic E-state index is 0.137. The lowest BCUT2D eigenvalue weighted by atomic mass is 10.2. The molecule has 1 unspecified atom stereocenters. The van der Waals surface area contributed by atoms with E-state index in [4.69, 9.17) is 4.74 Å². The van der Waals surface area contributed by atoms with Gasteiger partial charge < -0.3 is 15.0 Å². The van der Waals surface area contributed by atoms with Gasteiger partial charge in [0.25, 0.3) is 0 Å². The van der Waals surface area contributed by atoms with Gasteiger partial charge >= 0.3 is 0 Å². The van der Waals surface area contributed by atoms with E-state index in [9.17, 15) is 4.79 Å². The van der Waals surface area contributed by atoms with Crippen LogP contribution in [0.4, 0.5) is 0 Å². The van der Waals surface area contributed by atoms with E-state index in [-0.39, 0.29) is 18.6 Å². The molecule has 0 aromatic heterocycles. The van der Waals surface area contributed by atoms with Gasteiger partial charge in [-0.15, -0.1) is 0 Å². The van der Waals surface area contributed by atoms with E-state index >= 15 is 0 Å². The van der Waals surface area contributed by atoms with Crippen molar-refractivity contribution >= 4 is 5.91 Å². The van der Waals surface area contributed by atoms with E-state index < -0.39 is 0 Å². The molecule has 4 nitrogen and oxygen atoms in total. The summed E-state index contributed by atoms with van der Waals surface area (Å²) in [5, 5.41) is 3.08. The third-order valence-corrected chi connectivity index (χ3v) is 2.68. The fourth-order valence-electron chi connectivity index (χ4n) is 1.80. The number of rotatable bonds is 6. The first-order valence-corrected chi connectivity index (χ1v) is 5.82. The minimum Gasteiger partial charge on any atom is -0.365 e. The van der Waals surface area contributed by atoms with Gasteiger partial charge in [0, 0.05) is 19.6 Å². The molecule has 0 bridgehead atoms. The first-order chi connectivity index (χ1) is 7.27. The molecule has 1 heterocycles. The molecular formula is C11H22N2O2. The number of morpholine rings is 1. The van der Waals surface area contributed by atoms with Crippen LogP contribution in [-0.2, 0) is 9.53 Å². The molecule has 1 atom stereocenters. The van der Waals surface area contributed by atoms with Gasteiger partial charge in [0.1, 0.15) is 6.61 Å². The first kappa shape index (κ1) is 12.5. The van der Waals surface area contributed by atoms with Gasteiger partial charge in [-0.2, -0.15) is 0 Å². The SMILES string of the molecule is CCCCCN1CC(CNC)OCC1=O. The lowest BCUT2D eigenvalue weighted by Gasteiger charge is -2.32. The van der Waals surface area contributed by atoms with Crippen LogP contribution in [-0.4, -0.2) is 50.2 Å². The van der Waals surface area contributed by atoms with Crippen molar-refractivity contribution in [3.05, 3.63) is 0 Å². The number of nitrogens with zero attached hydrogens (tertiary/aromatic N) is 1. The molecule has 4 heteroatoms. The summed E-state index contributed by atoms with van der Waals surface area (Å²) in [6.45, 7) is 4.86. The highest BCUT2D eigenvalue weighted by Crippen LogP contribution is 2.07. The van der Waals surface area contributed by atoms with Gasteiger partial charge in [-0.05, 0) is 13.5 Å². The van der Waals surface area contributed by atoms with Crippen molar-refractivity contribution in [3.63, 3.8) is 0 Å². The van der Waals surface area contributed by atoms with E-state index in [0.717, 1.165) is 26.1 Å². The maximum absolute atomic E-state index is 11.5. The third-order valence-electron chi connectivity index (χ3n) is 2.68. The standard InChI is InChI=1S/C11H22N2O2/c1-3-4-5-6-13-8-10(7-12-2)15-9-11(13)14/h10,12H,3-9H2,1-2H3. The molecule has 0 aliphatic carbocycles. The summed E-state index contributed by atoms with van der Waals surface area (Å²) < 4.78 is 5.41. The highest BCUT2D eigenvalue weighted by atomic mass is 16.5. The molecule has 0 aromatic carbocycles. The van der Waals surface area contributed by atoms with Crippen molar-refractivity contribution in [1.82, 2.24) is 10.2 Å². The summed E-state index contributed by atoms with van der Waals surface area (Å²) in [6, 6.07) is 0. The molecule has 88 valence electrons. The van der Waals surface area contributed by atoms with Crippen LogP contribution in [0.1, 0.15) is 26.2 Å². The second-order valence-corrected chi connectivity index (χ2v) is 4.04. The Labute approximate surface area is 92.0 Å². The van der Waals surface area contributed by atoms with Gasteiger partial charge in [-0.1, -0.05) is 19.8 Å². The van der Waals surface area contributed by atoms with E-state index in [1.165, 1.54) is 12.8 Å². The van der Waals surface area contributed by atoms with Crippen LogP contribution in [0.2, 0.25) is 0 Å². The van der Waals surface area contributed by atoms with Crippen molar-refractivity contribution in [2.75, 3.05) is 33.3 Å². The fraction of sp³-hybridized carbons (Fsp3) is 0.909. The second kappa shape index (κ2) is 6.80. The summed E-state index contributed by atoms with van der Waals surface area (Å²) in [5.74, 6) is 0.137. The van der Waals surface area contributed by atoms with Gasteiger partial charge in [0.05, 0.1) is 6.10 Å². The van der Waals surface area contributed by atoms with Crippen molar-refractivity contribution in [3.8, 4) is 0 Å². The van der Waals surface area contributed by atoms with Gasteiger partial charge in [0.15, 0.2) is 0 Å². The first-order valence-electron chi connectivity index (χ1n) is 5.82. The highest BCUT2D eigenvalue weighted by molar-refractivity contribution is 5.78. The number of amides is 1. The van der Waals surface area contributed by atoms with Gasteiger partial charge in [-0.25, -0.2) is 0 Å². The number of hydrogen-bond donors (Lipinski definition) is 1. The maximum atomic E-state index is 11.5. The molecule has 1 fully saturated rings. The summed E-state index contributed by atoms with van der Waals surface area (Å²) in [7, 11) is 1.90. The largest absolute Gasteiger partial charge is 0.365 e. The molecule has 1 aliphatic heterocycles. The summed E-state index contributed by atoms with van der Waals surface area (Å²) >= 11 is 0. The number of carbonyl (C=O) groups excluding carboxylic acids is 1. The Kier molecular flexibility index (Phi) is 5.65. The predicted molar refractivity (Wildman–Crippen MR) is 59.8 cm³/mol. The topological polar surface area (TPSA) is 41.6 Å². The molecule has 15 heavy (non-hydrogen) atoms. The number of likely N-dealkylation sites (N-methyl/N-ethyl adjacent to an activating group) is 1. The van der Waals surface area contributed by atoms with Crippen molar-refractivity contribution in [2.24, 2.45) is 0 Å². The molecule has 0 spiro atoms. The van der Waals surface area contributed by atoms with E-state index in [1.807, 2.05) is 11.9 Å². The Bertz CT molecular complexity index is 197. The van der Waals surface area contributed by atoms with Crippen LogP contribution in [0.15, 0.2) is 0 Å². The number of ether oxygens (including phenoxy) is 1. The van der Waals surface area contributed by atoms with Crippen LogP contribution in [0.5, 0.6) is 0 Å². The molecule has 0 aromatic rings. The quantitative estimate of drug-likeness (QED) is 0.659. The smallest absolute Gasteiger partial charge is 0.248 e. The number of nitrogens with one attached hydrogen (secondary N) is 1. The second-order valence-electron chi connectivity index (χ2n) is 4.04. The van der Waals surface area contributed by atoms with E-state index in [0.29, 0.717) is 0 Å². The van der Waals surface area contributed by atoms with Crippen LogP contribution in [0.25, 0.3) is 0 Å². The Morgan fingerprint density at radius 2 is 2.33 bits per heavy atom. The van der Waals surface area contributed by atoms with E-state index in [1.54, 1.807) is 0 Å². The van der Waals surface area contributed by atoms with Crippen molar-refractivity contribution in [1.29, 1.82) is 0 Å². The van der Waals surface area contributed by atoms with Gasteiger partial charge in [0.2, 0.25) is 5.91 Å². The van der Waals surface area contributed by atoms with Crippen molar-refractivity contribution in [2.45, 2.75) is 32.3 Å². The molecule has 0 radical (unpaired) electrons. The zero-order valence-electron chi connectivity index (χ0n) is 9.79. The Morgan fingerprint density at radius 1 is 1.53 bits per heavy atom. The van der Waals surface area contributed by atoms with Crippen molar-refractivity contribution < 1.29 is 9.53 Å². The van der Waals surface area contributed by atoms with Gasteiger partial charge in [-0.3, -0.25) is 4.79 Å². The van der Waals surface area contributed by atoms with E-state index in [2.05, 4.69) is 12.2 Å². The zero-order valence-corrected chi connectivity index (χ0v) is 9.79. The van der Waals surface area contributed by atoms with Crippen LogP contribution < -0.4 is 5.32 Å². The molecule has 1 rings (SSSR count). The average Bonchev–Trinajstić information content (AvgIpc) is 2.23. The number of hydrogen-bond acceptors (Lipinski definition) is 3. The minimum atomic E-state index is 0.137. The highest BCUT2D eigenvalue weighted by Gasteiger charge is 2.24. The molecular weight excluding hydrogens is 192 g/mol. The zero-order chi connectivity index (χ0) is 11.1. The Hall–Kier alpha value is -0.610. The van der Waals surface area contributed by atoms with Crippen LogP contribution >= 0.6 is 0 Å². The summed E-state index contributed by atoms with van der Waals surface area (Å²) in [5.41, 5.74) is 0. The average molecular weight is 214 g/mol. The molecule has 1 aliphatic rings. The Morgan fingerprint density at radius 3 is 3.00 bits per heavy atom. The molecule has 1 N–H and O–H groups in total. The fourth-order valence-corrected chi connectivity index (χ4v) is 1.80. The number of carbonyl (C=O) groups is 1. The monoisotopic (exact) mass is 214 g/mol. The molecule has 1 amide bonds. The predicted octanol–water partition coefficient (Wildman–Crippen LogP) is 0.623. The number of unbranched alkanes of at least 4 members (excludes halogenated alkanes) is 2. The molecule has 0 saturated carbocycles. The van der Waals surface area contributed by atoms with Crippen LogP contribution in [0, 0.1) is 0 Å². The lowest BCUT2D eigenvalue weighted by molar-refractivity contribution is -0.148. The summed E-state index contributed by atoms with van der Waals surface area (Å²) in [4.78, 5) is 13.5. The maximum Gasteiger partial charge on any atom is 0.248 e. The normalized spacial score (nSPS) is 22.1. The Balaban J connectivity index is 2.29. The lowest BCUT2D eigenvalue weighted by Crippen LogP contribution is -2.49. The third kappa shape index (κ3) is 4.18. The molecule has 1 saturated heterocycles.